The smallest absolute Gasteiger partial charge is 0.283 e. The van der Waals surface area contributed by atoms with Gasteiger partial charge in [0.15, 0.2) is 0 Å². The zero-order chi connectivity index (χ0) is 15.0. The van der Waals surface area contributed by atoms with Crippen LogP contribution in [0.15, 0.2) is 60.8 Å². The molecular weight excluding hydrogens is 279 g/mol. The largest absolute Gasteiger partial charge is 0.416 e. The Kier molecular flexibility index (Phi) is 3.05. The molecule has 106 valence electrons. The van der Waals surface area contributed by atoms with Crippen LogP contribution in [0.1, 0.15) is 15.9 Å². The van der Waals surface area contributed by atoms with E-state index in [1.165, 1.54) is 16.7 Å². The highest BCUT2D eigenvalue weighted by Crippen LogP contribution is 2.30. The maximum Gasteiger partial charge on any atom is 0.416 e. The minimum absolute atomic E-state index is 0.00572. The predicted octanol–water partition coefficient (Wildman–Crippen LogP) is 4.35. The number of halogens is 3. The summed E-state index contributed by atoms with van der Waals surface area (Å²) in [4.78, 5) is 12.4. The van der Waals surface area contributed by atoms with E-state index in [1.54, 1.807) is 24.4 Å². The second kappa shape index (κ2) is 4.77. The highest BCUT2D eigenvalue weighted by Gasteiger charge is 2.31. The first-order chi connectivity index (χ1) is 9.97. The average Bonchev–Trinajstić information content (AvgIpc) is 2.90. The van der Waals surface area contributed by atoms with Crippen molar-refractivity contribution in [1.82, 2.24) is 4.57 Å². The molecule has 21 heavy (non-hydrogen) atoms. The third-order valence-electron chi connectivity index (χ3n) is 3.26. The molecule has 3 aromatic rings. The van der Waals surface area contributed by atoms with Gasteiger partial charge in [0.2, 0.25) is 0 Å². The Hall–Kier alpha value is -2.56. The summed E-state index contributed by atoms with van der Waals surface area (Å²) in [5, 5.41) is 0.859. The summed E-state index contributed by atoms with van der Waals surface area (Å²) in [5.41, 5.74) is -0.157. The summed E-state index contributed by atoms with van der Waals surface area (Å²) in [6, 6.07) is 13.4. The molecular formula is C16H10F3NO. The van der Waals surface area contributed by atoms with Gasteiger partial charge in [-0.2, -0.15) is 13.2 Å². The van der Waals surface area contributed by atoms with Gasteiger partial charge in [0.25, 0.3) is 5.91 Å². The van der Waals surface area contributed by atoms with E-state index < -0.39 is 17.6 Å². The van der Waals surface area contributed by atoms with Gasteiger partial charge in [0.1, 0.15) is 0 Å². The van der Waals surface area contributed by atoms with Crippen LogP contribution in [-0.2, 0) is 6.18 Å². The second-order valence-electron chi connectivity index (χ2n) is 4.63. The number of carbonyl (C=O) groups is 1. The molecule has 0 bridgehead atoms. The molecule has 5 heteroatoms. The number of carbonyl (C=O) groups excluding carboxylic acids is 1. The molecule has 0 amide bonds. The Bertz CT molecular complexity index is 818. The summed E-state index contributed by atoms with van der Waals surface area (Å²) >= 11 is 0. The standard InChI is InChI=1S/C16H10F3NO/c17-16(18,19)13-6-3-5-12(10-13)15(21)20-9-8-11-4-1-2-7-14(11)20/h1-10H. The second-order valence-corrected chi connectivity index (χ2v) is 4.63. The van der Waals surface area contributed by atoms with E-state index in [0.717, 1.165) is 17.5 Å². The van der Waals surface area contributed by atoms with Gasteiger partial charge < -0.3 is 0 Å². The van der Waals surface area contributed by atoms with Gasteiger partial charge in [-0.3, -0.25) is 9.36 Å². The Balaban J connectivity index is 2.07. The van der Waals surface area contributed by atoms with E-state index in [0.29, 0.717) is 5.52 Å². The minimum atomic E-state index is -4.46. The van der Waals surface area contributed by atoms with Crippen LogP contribution in [0.2, 0.25) is 0 Å². The van der Waals surface area contributed by atoms with Gasteiger partial charge in [0, 0.05) is 17.1 Å². The number of aromatic nitrogens is 1. The average molecular weight is 289 g/mol. The van der Waals surface area contributed by atoms with Gasteiger partial charge in [-0.25, -0.2) is 0 Å². The van der Waals surface area contributed by atoms with Crippen LogP contribution in [0.4, 0.5) is 13.2 Å². The number of benzene rings is 2. The molecule has 1 heterocycles. The van der Waals surface area contributed by atoms with Crippen molar-refractivity contribution in [3.05, 3.63) is 71.9 Å². The highest BCUT2D eigenvalue weighted by atomic mass is 19.4. The van der Waals surface area contributed by atoms with E-state index in [-0.39, 0.29) is 5.56 Å². The molecule has 0 saturated heterocycles. The van der Waals surface area contributed by atoms with E-state index in [4.69, 9.17) is 0 Å². The summed E-state index contributed by atoms with van der Waals surface area (Å²) in [7, 11) is 0. The van der Waals surface area contributed by atoms with Crippen molar-refractivity contribution >= 4 is 16.8 Å². The van der Waals surface area contributed by atoms with Crippen molar-refractivity contribution in [3.8, 4) is 0 Å². The maximum atomic E-state index is 12.7. The van der Waals surface area contributed by atoms with Crippen molar-refractivity contribution in [2.24, 2.45) is 0 Å². The van der Waals surface area contributed by atoms with Crippen LogP contribution < -0.4 is 0 Å². The van der Waals surface area contributed by atoms with Crippen molar-refractivity contribution in [2.45, 2.75) is 6.18 Å². The molecule has 0 spiro atoms. The maximum absolute atomic E-state index is 12.7. The lowest BCUT2D eigenvalue weighted by molar-refractivity contribution is -0.137. The zero-order valence-electron chi connectivity index (χ0n) is 10.8. The lowest BCUT2D eigenvalue weighted by Gasteiger charge is -2.09. The number of alkyl halides is 3. The van der Waals surface area contributed by atoms with Gasteiger partial charge >= 0.3 is 6.18 Å². The van der Waals surface area contributed by atoms with Gasteiger partial charge in [-0.1, -0.05) is 24.3 Å². The van der Waals surface area contributed by atoms with Crippen LogP contribution in [0.25, 0.3) is 10.9 Å². The normalized spacial score (nSPS) is 11.8. The van der Waals surface area contributed by atoms with Gasteiger partial charge in [-0.05, 0) is 30.3 Å². The van der Waals surface area contributed by atoms with Crippen LogP contribution in [0, 0.1) is 0 Å². The molecule has 0 aliphatic heterocycles. The molecule has 0 N–H and O–H groups in total. The summed E-state index contributed by atoms with van der Waals surface area (Å²) < 4.78 is 39.5. The highest BCUT2D eigenvalue weighted by molar-refractivity contribution is 6.02. The van der Waals surface area contributed by atoms with Crippen LogP contribution in [0.3, 0.4) is 0 Å². The number of nitrogens with zero attached hydrogens (tertiary/aromatic N) is 1. The molecule has 0 saturated carbocycles. The number of hydrogen-bond donors (Lipinski definition) is 0. The Morgan fingerprint density at radius 2 is 1.71 bits per heavy atom. The third-order valence-corrected chi connectivity index (χ3v) is 3.26. The van der Waals surface area contributed by atoms with E-state index in [1.807, 2.05) is 12.1 Å². The van der Waals surface area contributed by atoms with Gasteiger partial charge in [-0.15, -0.1) is 0 Å². The lowest BCUT2D eigenvalue weighted by atomic mass is 10.1. The quantitative estimate of drug-likeness (QED) is 0.653. The molecule has 0 atom stereocenters. The summed E-state index contributed by atoms with van der Waals surface area (Å²) in [5.74, 6) is -0.484. The Morgan fingerprint density at radius 3 is 2.48 bits per heavy atom. The lowest BCUT2D eigenvalue weighted by Crippen LogP contribution is -2.13. The molecule has 2 aromatic carbocycles. The zero-order valence-corrected chi connectivity index (χ0v) is 10.8. The molecule has 0 aliphatic carbocycles. The molecule has 1 aromatic heterocycles. The van der Waals surface area contributed by atoms with Crippen molar-refractivity contribution in [2.75, 3.05) is 0 Å². The Morgan fingerprint density at radius 1 is 0.952 bits per heavy atom. The number of hydrogen-bond acceptors (Lipinski definition) is 1. The van der Waals surface area contributed by atoms with E-state index >= 15 is 0 Å². The van der Waals surface area contributed by atoms with Crippen LogP contribution in [-0.4, -0.2) is 10.5 Å². The first kappa shape index (κ1) is 13.4. The monoisotopic (exact) mass is 289 g/mol. The molecule has 2 nitrogen and oxygen atoms in total. The number of rotatable bonds is 1. The van der Waals surface area contributed by atoms with E-state index in [2.05, 4.69) is 0 Å². The Labute approximate surface area is 118 Å². The molecule has 3 rings (SSSR count). The molecule has 0 fully saturated rings. The van der Waals surface area contributed by atoms with Crippen LogP contribution >= 0.6 is 0 Å². The van der Waals surface area contributed by atoms with E-state index in [9.17, 15) is 18.0 Å². The first-order valence-corrected chi connectivity index (χ1v) is 6.25. The van der Waals surface area contributed by atoms with Crippen molar-refractivity contribution < 1.29 is 18.0 Å². The number of fused-ring (bicyclic) bond motifs is 1. The topological polar surface area (TPSA) is 22.0 Å². The summed E-state index contributed by atoms with van der Waals surface area (Å²) in [6.07, 6.45) is -2.90. The minimum Gasteiger partial charge on any atom is -0.283 e. The molecule has 0 aliphatic rings. The van der Waals surface area contributed by atoms with Crippen LogP contribution in [0.5, 0.6) is 0 Å². The first-order valence-electron chi connectivity index (χ1n) is 6.25. The van der Waals surface area contributed by atoms with Crippen molar-refractivity contribution in [3.63, 3.8) is 0 Å². The third kappa shape index (κ3) is 2.42. The fourth-order valence-electron chi connectivity index (χ4n) is 2.23. The summed E-state index contributed by atoms with van der Waals surface area (Å²) in [6.45, 7) is 0. The molecule has 0 unspecified atom stereocenters. The van der Waals surface area contributed by atoms with Gasteiger partial charge in [0.05, 0.1) is 11.1 Å². The fraction of sp³-hybridized carbons (Fsp3) is 0.0625. The van der Waals surface area contributed by atoms with Crippen molar-refractivity contribution in [1.29, 1.82) is 0 Å². The molecule has 0 radical (unpaired) electrons. The fourth-order valence-corrected chi connectivity index (χ4v) is 2.23. The number of para-hydroxylation sites is 1. The predicted molar refractivity (Wildman–Crippen MR) is 73.1 cm³/mol. The SMILES string of the molecule is O=C(c1cccc(C(F)(F)F)c1)n1ccc2ccccc21.